The van der Waals surface area contributed by atoms with E-state index in [9.17, 15) is 9.59 Å². The summed E-state index contributed by atoms with van der Waals surface area (Å²) in [5.74, 6) is -2.47. The molecule has 1 aliphatic rings. The maximum absolute atomic E-state index is 10.7. The van der Waals surface area contributed by atoms with Crippen LogP contribution in [0.3, 0.4) is 0 Å². The molecule has 1 unspecified atom stereocenters. The van der Waals surface area contributed by atoms with Gasteiger partial charge in [-0.15, -0.1) is 0 Å². The van der Waals surface area contributed by atoms with Crippen LogP contribution in [0.5, 0.6) is 0 Å². The number of hydrogen-bond donors (Lipinski definition) is 2. The van der Waals surface area contributed by atoms with E-state index in [2.05, 4.69) is 0 Å². The van der Waals surface area contributed by atoms with Crippen molar-refractivity contribution < 1.29 is 29.3 Å². The van der Waals surface area contributed by atoms with Gasteiger partial charge in [-0.3, -0.25) is 4.79 Å². The molecule has 1 rings (SSSR count). The molecule has 86 valence electrons. The van der Waals surface area contributed by atoms with E-state index >= 15 is 0 Å². The third-order valence-corrected chi connectivity index (χ3v) is 2.09. The number of ether oxygens (including phenoxy) is 2. The van der Waals surface area contributed by atoms with Crippen LogP contribution in [0.4, 0.5) is 0 Å². The largest absolute Gasteiger partial charge is 0.481 e. The summed E-state index contributed by atoms with van der Waals surface area (Å²) in [5, 5.41) is 17.2. The van der Waals surface area contributed by atoms with E-state index in [-0.39, 0.29) is 0 Å². The molecule has 6 nitrogen and oxygen atoms in total. The van der Waals surface area contributed by atoms with Crippen molar-refractivity contribution in [1.82, 2.24) is 0 Å². The first-order valence-corrected chi connectivity index (χ1v) is 4.81. The van der Waals surface area contributed by atoms with E-state index in [1.54, 1.807) is 0 Å². The monoisotopic (exact) mass is 218 g/mol. The molecule has 0 aromatic heterocycles. The molecule has 0 saturated carbocycles. The summed E-state index contributed by atoms with van der Waals surface area (Å²) in [5.41, 5.74) is 0. The quantitative estimate of drug-likeness (QED) is 0.696. The first-order valence-electron chi connectivity index (χ1n) is 4.81. The molecule has 0 aromatic carbocycles. The number of aliphatic carboxylic acids is 2. The zero-order chi connectivity index (χ0) is 11.3. The van der Waals surface area contributed by atoms with Crippen molar-refractivity contribution in [3.05, 3.63) is 0 Å². The third-order valence-electron chi connectivity index (χ3n) is 2.09. The molecule has 0 bridgehead atoms. The van der Waals surface area contributed by atoms with Gasteiger partial charge in [0.15, 0.2) is 12.4 Å². The minimum atomic E-state index is -1.33. The number of carboxylic acids is 2. The molecule has 0 radical (unpaired) electrons. The van der Waals surface area contributed by atoms with Gasteiger partial charge in [0, 0.05) is 6.61 Å². The Hall–Kier alpha value is -1.14. The Balaban J connectivity index is 2.42. The first kappa shape index (κ1) is 11.9. The van der Waals surface area contributed by atoms with Crippen molar-refractivity contribution in [3.63, 3.8) is 0 Å². The highest BCUT2D eigenvalue weighted by Crippen LogP contribution is 2.16. The number of carboxylic acid groups (broad SMARTS) is 2. The molecule has 1 heterocycles. The molecule has 15 heavy (non-hydrogen) atoms. The number of carbonyl (C=O) groups is 2. The normalized spacial score (nSPS) is 23.3. The predicted octanol–water partition coefficient (Wildman–Crippen LogP) is 0.457. The summed E-state index contributed by atoms with van der Waals surface area (Å²) in [7, 11) is 0. The first-order chi connectivity index (χ1) is 7.09. The minimum Gasteiger partial charge on any atom is -0.481 e. The molecule has 2 N–H and O–H groups in total. The lowest BCUT2D eigenvalue weighted by Crippen LogP contribution is -2.34. The van der Waals surface area contributed by atoms with Crippen LogP contribution < -0.4 is 0 Å². The Morgan fingerprint density at radius 1 is 1.40 bits per heavy atom. The van der Waals surface area contributed by atoms with Crippen molar-refractivity contribution in [1.29, 1.82) is 0 Å². The zero-order valence-electron chi connectivity index (χ0n) is 8.22. The molecule has 6 heteroatoms. The van der Waals surface area contributed by atoms with E-state index in [0.717, 1.165) is 12.8 Å². The van der Waals surface area contributed by atoms with E-state index in [0.29, 0.717) is 13.0 Å². The van der Waals surface area contributed by atoms with Crippen LogP contribution in [-0.2, 0) is 19.1 Å². The van der Waals surface area contributed by atoms with Gasteiger partial charge in [-0.2, -0.15) is 0 Å². The van der Waals surface area contributed by atoms with Gasteiger partial charge < -0.3 is 19.7 Å². The summed E-state index contributed by atoms with van der Waals surface area (Å²) in [6.45, 7) is 0.532. The van der Waals surface area contributed by atoms with Crippen LogP contribution in [0.15, 0.2) is 0 Å². The lowest BCUT2D eigenvalue weighted by molar-refractivity contribution is -0.203. The minimum absolute atomic E-state index is 0.532. The van der Waals surface area contributed by atoms with Gasteiger partial charge in [0.05, 0.1) is 6.42 Å². The summed E-state index contributed by atoms with van der Waals surface area (Å²) in [6.07, 6.45) is -0.0102. The maximum atomic E-state index is 10.7. The standard InChI is InChI=1S/C9H14O6/c10-7(11)5-6(9(12)13)15-8-3-1-2-4-14-8/h6,8H,1-5H2,(H,10,11)(H,12,13)/t6-,8?/m1/s1. The molecule has 0 spiro atoms. The van der Waals surface area contributed by atoms with Gasteiger partial charge in [-0.05, 0) is 19.3 Å². The van der Waals surface area contributed by atoms with Crippen LogP contribution >= 0.6 is 0 Å². The van der Waals surface area contributed by atoms with E-state index < -0.39 is 30.8 Å². The van der Waals surface area contributed by atoms with Crippen molar-refractivity contribution in [3.8, 4) is 0 Å². The summed E-state index contributed by atoms with van der Waals surface area (Å²) < 4.78 is 10.2. The molecule has 1 saturated heterocycles. The second-order valence-corrected chi connectivity index (χ2v) is 3.36. The molecule has 1 aliphatic heterocycles. The molecule has 0 amide bonds. The second-order valence-electron chi connectivity index (χ2n) is 3.36. The van der Waals surface area contributed by atoms with Gasteiger partial charge >= 0.3 is 11.9 Å². The van der Waals surface area contributed by atoms with Crippen molar-refractivity contribution in [2.75, 3.05) is 6.61 Å². The summed E-state index contributed by atoms with van der Waals surface area (Å²) >= 11 is 0. The highest BCUT2D eigenvalue weighted by molar-refractivity contribution is 5.79. The van der Waals surface area contributed by atoms with E-state index in [4.69, 9.17) is 19.7 Å². The lowest BCUT2D eigenvalue weighted by atomic mass is 10.2. The van der Waals surface area contributed by atoms with Gasteiger partial charge in [0.25, 0.3) is 0 Å². The fourth-order valence-electron chi connectivity index (χ4n) is 1.35. The average Bonchev–Trinajstić information content (AvgIpc) is 2.17. The van der Waals surface area contributed by atoms with Gasteiger partial charge in [0.1, 0.15) is 0 Å². The Morgan fingerprint density at radius 2 is 2.13 bits per heavy atom. The predicted molar refractivity (Wildman–Crippen MR) is 48.4 cm³/mol. The van der Waals surface area contributed by atoms with Crippen molar-refractivity contribution in [2.24, 2.45) is 0 Å². The Kier molecular flexibility index (Phi) is 4.51. The van der Waals surface area contributed by atoms with Gasteiger partial charge in [-0.1, -0.05) is 0 Å². The van der Waals surface area contributed by atoms with E-state index in [1.165, 1.54) is 0 Å². The number of hydrogen-bond acceptors (Lipinski definition) is 4. The highest BCUT2D eigenvalue weighted by atomic mass is 16.7. The molecular formula is C9H14O6. The van der Waals surface area contributed by atoms with Crippen LogP contribution in [0.2, 0.25) is 0 Å². The van der Waals surface area contributed by atoms with Crippen molar-refractivity contribution in [2.45, 2.75) is 38.1 Å². The third kappa shape index (κ3) is 4.26. The van der Waals surface area contributed by atoms with Crippen LogP contribution in [0, 0.1) is 0 Å². The smallest absolute Gasteiger partial charge is 0.333 e. The summed E-state index contributed by atoms with van der Waals surface area (Å²) in [6, 6.07) is 0. The van der Waals surface area contributed by atoms with Crippen LogP contribution in [-0.4, -0.2) is 41.2 Å². The SMILES string of the molecule is O=C(O)C[C@@H](OC1CCCCO1)C(=O)O. The fourth-order valence-corrected chi connectivity index (χ4v) is 1.35. The average molecular weight is 218 g/mol. The molecular weight excluding hydrogens is 204 g/mol. The second kappa shape index (κ2) is 5.67. The summed E-state index contributed by atoms with van der Waals surface area (Å²) in [4.78, 5) is 21.0. The van der Waals surface area contributed by atoms with Gasteiger partial charge in [-0.25, -0.2) is 4.79 Å². The molecule has 0 aromatic rings. The Morgan fingerprint density at radius 3 is 2.60 bits per heavy atom. The van der Waals surface area contributed by atoms with Gasteiger partial charge in [0.2, 0.25) is 0 Å². The molecule has 1 fully saturated rings. The lowest BCUT2D eigenvalue weighted by Gasteiger charge is -2.25. The highest BCUT2D eigenvalue weighted by Gasteiger charge is 2.27. The molecule has 2 atom stereocenters. The topological polar surface area (TPSA) is 93.1 Å². The molecule has 0 aliphatic carbocycles. The Bertz CT molecular complexity index is 233. The zero-order valence-corrected chi connectivity index (χ0v) is 8.22. The van der Waals surface area contributed by atoms with Crippen LogP contribution in [0.25, 0.3) is 0 Å². The van der Waals surface area contributed by atoms with Crippen molar-refractivity contribution >= 4 is 11.9 Å². The maximum Gasteiger partial charge on any atom is 0.333 e. The van der Waals surface area contributed by atoms with E-state index in [1.807, 2.05) is 0 Å². The Labute approximate surface area is 86.8 Å². The van der Waals surface area contributed by atoms with Crippen LogP contribution in [0.1, 0.15) is 25.7 Å². The fraction of sp³-hybridized carbons (Fsp3) is 0.778. The number of rotatable bonds is 5.